The number of aliphatic carboxylic acids is 2. The summed E-state index contributed by atoms with van der Waals surface area (Å²) in [4.78, 5) is 60.4. The number of carboxylic acid groups (broad SMARTS) is 2. The second kappa shape index (κ2) is 18.9. The van der Waals surface area contributed by atoms with Crippen LogP contribution in [0.25, 0.3) is 0 Å². The summed E-state index contributed by atoms with van der Waals surface area (Å²) < 4.78 is 5.12. The third-order valence-electron chi connectivity index (χ3n) is 6.40. The minimum atomic E-state index is -1.25. The summed E-state index contributed by atoms with van der Waals surface area (Å²) >= 11 is 1.36. The molecule has 1 rings (SSSR count). The number of carbonyl (C=O) groups is 5. The molecule has 0 aliphatic heterocycles. The minimum Gasteiger partial charge on any atom is -0.504 e. The molecule has 230 valence electrons. The number of phenolic OH excluding ortho intramolecular Hbond substituents is 1. The van der Waals surface area contributed by atoms with Gasteiger partial charge in [-0.15, -0.1) is 0 Å². The number of aryl methyl sites for hydroxylation is 1. The largest absolute Gasteiger partial charge is 0.504 e. The van der Waals surface area contributed by atoms with E-state index in [-0.39, 0.29) is 48.2 Å². The molecule has 7 N–H and O–H groups in total. The number of hydrogen-bond donors (Lipinski definition) is 6. The van der Waals surface area contributed by atoms with Crippen molar-refractivity contribution in [2.75, 3.05) is 12.9 Å². The van der Waals surface area contributed by atoms with E-state index in [2.05, 4.69) is 17.6 Å². The molecular formula is C28H43N3O9S. The quantitative estimate of drug-likeness (QED) is 0.113. The van der Waals surface area contributed by atoms with Crippen molar-refractivity contribution in [2.45, 2.75) is 95.0 Å². The van der Waals surface area contributed by atoms with Crippen molar-refractivity contribution < 1.29 is 44.0 Å². The van der Waals surface area contributed by atoms with Crippen molar-refractivity contribution in [1.29, 1.82) is 0 Å². The third kappa shape index (κ3) is 14.2. The standard InChI is InChI=1S/C28H43N3O9S/c1-4-5-6-7-20(15-19(32)10-8-18-9-12-23(33)24(14-18)40-3)41-16-22(26(35)30-17(2)27(36)37)31-25(34)13-11-21(29)28(38)39/h9,12,14,17,20-22,33H,4-8,10-11,13,15-16,29H2,1-3H3,(H,30,35)(H,31,34)(H,36,37)(H,38,39). The van der Waals surface area contributed by atoms with E-state index in [9.17, 15) is 34.2 Å². The summed E-state index contributed by atoms with van der Waals surface area (Å²) in [5.41, 5.74) is 6.31. The van der Waals surface area contributed by atoms with Gasteiger partial charge in [-0.2, -0.15) is 11.8 Å². The van der Waals surface area contributed by atoms with E-state index in [1.807, 2.05) is 0 Å². The molecule has 4 atom stereocenters. The Morgan fingerprint density at radius 1 is 1.02 bits per heavy atom. The lowest BCUT2D eigenvalue weighted by molar-refractivity contribution is -0.141. The molecule has 12 nitrogen and oxygen atoms in total. The molecule has 0 fully saturated rings. The van der Waals surface area contributed by atoms with Crippen LogP contribution in [0.3, 0.4) is 0 Å². The molecule has 0 saturated carbocycles. The number of rotatable bonds is 21. The van der Waals surface area contributed by atoms with Gasteiger partial charge in [0, 0.05) is 30.3 Å². The number of unbranched alkanes of at least 4 members (excludes halogenated alkanes) is 2. The van der Waals surface area contributed by atoms with Gasteiger partial charge in [-0.3, -0.25) is 24.0 Å². The SMILES string of the molecule is CCCCCC(CC(=O)CCc1ccc(O)c(OC)c1)SCC(NC(=O)CCC(N)C(=O)O)C(=O)NC(C)C(=O)O. The average Bonchev–Trinajstić information content (AvgIpc) is 2.92. The van der Waals surface area contributed by atoms with E-state index in [0.29, 0.717) is 12.2 Å². The van der Waals surface area contributed by atoms with E-state index < -0.39 is 41.9 Å². The number of phenols is 1. The van der Waals surface area contributed by atoms with Crippen LogP contribution in [0, 0.1) is 0 Å². The van der Waals surface area contributed by atoms with Crippen LogP contribution in [-0.2, 0) is 30.4 Å². The van der Waals surface area contributed by atoms with Crippen molar-refractivity contribution in [3.63, 3.8) is 0 Å². The molecule has 0 heterocycles. The summed E-state index contributed by atoms with van der Waals surface area (Å²) in [5.74, 6) is -3.30. The summed E-state index contributed by atoms with van der Waals surface area (Å²) in [5, 5.41) is 32.7. The molecule has 1 aromatic rings. The first-order valence-corrected chi connectivity index (χ1v) is 14.7. The second-order valence-electron chi connectivity index (χ2n) is 9.87. The van der Waals surface area contributed by atoms with Gasteiger partial charge in [0.25, 0.3) is 0 Å². The summed E-state index contributed by atoms with van der Waals surface area (Å²) in [7, 11) is 1.45. The van der Waals surface area contributed by atoms with E-state index in [1.54, 1.807) is 12.1 Å². The van der Waals surface area contributed by atoms with Crippen molar-refractivity contribution >= 4 is 41.3 Å². The number of carbonyl (C=O) groups excluding carboxylic acids is 3. The molecule has 0 aliphatic carbocycles. The fourth-order valence-corrected chi connectivity index (χ4v) is 5.19. The van der Waals surface area contributed by atoms with Crippen LogP contribution in [0.2, 0.25) is 0 Å². The molecule has 0 saturated heterocycles. The predicted molar refractivity (Wildman–Crippen MR) is 155 cm³/mol. The topological polar surface area (TPSA) is 205 Å². The van der Waals surface area contributed by atoms with Gasteiger partial charge in [-0.1, -0.05) is 32.3 Å². The Balaban J connectivity index is 2.88. The first-order chi connectivity index (χ1) is 19.4. The minimum absolute atomic E-state index is 0.0168. The van der Waals surface area contributed by atoms with Gasteiger partial charge < -0.3 is 36.4 Å². The molecule has 2 amide bonds. The van der Waals surface area contributed by atoms with Gasteiger partial charge >= 0.3 is 11.9 Å². The number of ketones is 1. The van der Waals surface area contributed by atoms with Gasteiger partial charge in [-0.25, -0.2) is 0 Å². The molecule has 41 heavy (non-hydrogen) atoms. The molecule has 4 unspecified atom stereocenters. The van der Waals surface area contributed by atoms with Gasteiger partial charge in [0.1, 0.15) is 23.9 Å². The molecule has 0 spiro atoms. The Morgan fingerprint density at radius 3 is 2.34 bits per heavy atom. The maximum absolute atomic E-state index is 12.9. The fourth-order valence-electron chi connectivity index (χ4n) is 3.85. The van der Waals surface area contributed by atoms with E-state index in [0.717, 1.165) is 31.2 Å². The Bertz CT molecular complexity index is 1040. The molecule has 13 heteroatoms. The van der Waals surface area contributed by atoms with E-state index >= 15 is 0 Å². The number of nitrogens with two attached hydrogens (primary N) is 1. The predicted octanol–water partition coefficient (Wildman–Crippen LogP) is 2.24. The highest BCUT2D eigenvalue weighted by atomic mass is 32.2. The zero-order chi connectivity index (χ0) is 30.9. The molecule has 0 aromatic heterocycles. The van der Waals surface area contributed by atoms with Crippen LogP contribution in [0.4, 0.5) is 0 Å². The Kier molecular flexibility index (Phi) is 16.5. The molecule has 0 radical (unpaired) electrons. The van der Waals surface area contributed by atoms with Crippen molar-refractivity contribution in [2.24, 2.45) is 5.73 Å². The van der Waals surface area contributed by atoms with Gasteiger partial charge in [0.15, 0.2) is 11.5 Å². The van der Waals surface area contributed by atoms with Crippen molar-refractivity contribution in [1.82, 2.24) is 10.6 Å². The summed E-state index contributed by atoms with van der Waals surface area (Å²) in [6.45, 7) is 3.36. The number of benzene rings is 1. The normalized spacial score (nSPS) is 13.9. The maximum Gasteiger partial charge on any atom is 0.325 e. The molecule has 0 bridgehead atoms. The number of carboxylic acids is 2. The second-order valence-corrected chi connectivity index (χ2v) is 11.2. The Morgan fingerprint density at radius 2 is 1.73 bits per heavy atom. The molecular weight excluding hydrogens is 554 g/mol. The first-order valence-electron chi connectivity index (χ1n) is 13.7. The third-order valence-corrected chi connectivity index (χ3v) is 7.80. The number of amides is 2. The number of Topliss-reactive ketones (excluding diaryl/α,β-unsaturated/α-hetero) is 1. The van der Waals surface area contributed by atoms with E-state index in [4.69, 9.17) is 15.6 Å². The number of aromatic hydroxyl groups is 1. The number of ether oxygens (including phenoxy) is 1. The van der Waals surface area contributed by atoms with Crippen LogP contribution in [0.1, 0.15) is 70.8 Å². The highest BCUT2D eigenvalue weighted by Gasteiger charge is 2.26. The smallest absolute Gasteiger partial charge is 0.325 e. The van der Waals surface area contributed by atoms with Crippen molar-refractivity contribution in [3.8, 4) is 11.5 Å². The fraction of sp³-hybridized carbons (Fsp3) is 0.607. The number of hydrogen-bond acceptors (Lipinski definition) is 9. The van der Waals surface area contributed by atoms with Gasteiger partial charge in [0.05, 0.1) is 7.11 Å². The van der Waals surface area contributed by atoms with Crippen LogP contribution >= 0.6 is 11.8 Å². The number of methoxy groups -OCH3 is 1. The number of thioether (sulfide) groups is 1. The zero-order valence-corrected chi connectivity index (χ0v) is 24.7. The van der Waals surface area contributed by atoms with Crippen LogP contribution in [-0.4, -0.2) is 81.1 Å². The Labute approximate surface area is 244 Å². The molecule has 0 aliphatic rings. The highest BCUT2D eigenvalue weighted by Crippen LogP contribution is 2.27. The van der Waals surface area contributed by atoms with Crippen LogP contribution in [0.5, 0.6) is 11.5 Å². The summed E-state index contributed by atoms with van der Waals surface area (Å²) in [6, 6.07) is 1.42. The maximum atomic E-state index is 12.9. The Hall–Kier alpha value is -3.32. The average molecular weight is 598 g/mol. The van der Waals surface area contributed by atoms with Gasteiger partial charge in [-0.05, 0) is 43.9 Å². The number of nitrogens with one attached hydrogen (secondary N) is 2. The first kappa shape index (κ1) is 35.7. The zero-order valence-electron chi connectivity index (χ0n) is 23.9. The lowest BCUT2D eigenvalue weighted by Gasteiger charge is -2.23. The lowest BCUT2D eigenvalue weighted by Crippen LogP contribution is -2.52. The van der Waals surface area contributed by atoms with E-state index in [1.165, 1.54) is 31.9 Å². The van der Waals surface area contributed by atoms with Crippen molar-refractivity contribution in [3.05, 3.63) is 23.8 Å². The lowest BCUT2D eigenvalue weighted by atomic mass is 10.0. The molecule has 1 aromatic carbocycles. The van der Waals surface area contributed by atoms with Crippen LogP contribution in [0.15, 0.2) is 18.2 Å². The highest BCUT2D eigenvalue weighted by molar-refractivity contribution is 8.00. The van der Waals surface area contributed by atoms with Gasteiger partial charge in [0.2, 0.25) is 11.8 Å². The monoisotopic (exact) mass is 597 g/mol. The van der Waals surface area contributed by atoms with Crippen LogP contribution < -0.4 is 21.1 Å². The summed E-state index contributed by atoms with van der Waals surface area (Å²) in [6.07, 6.45) is 4.20.